The number of aromatic nitrogens is 2. The number of hydrogen-bond donors (Lipinski definition) is 2. The third-order valence-electron chi connectivity index (χ3n) is 2.29. The first-order chi connectivity index (χ1) is 8.58. The van der Waals surface area contributed by atoms with Crippen molar-refractivity contribution >= 4 is 17.5 Å². The first-order valence-corrected chi connectivity index (χ1v) is 5.16. The third kappa shape index (κ3) is 2.46. The Morgan fingerprint density at radius 3 is 2.94 bits per heavy atom. The van der Waals surface area contributed by atoms with Crippen LogP contribution in [0.5, 0.6) is 0 Å². The van der Waals surface area contributed by atoms with Crippen LogP contribution in [-0.4, -0.2) is 33.0 Å². The maximum absolute atomic E-state index is 11.6. The van der Waals surface area contributed by atoms with E-state index in [-0.39, 0.29) is 5.69 Å². The minimum absolute atomic E-state index is 0.162. The van der Waals surface area contributed by atoms with Crippen molar-refractivity contribution in [3.63, 3.8) is 0 Å². The molecule has 0 aromatic carbocycles. The van der Waals surface area contributed by atoms with Gasteiger partial charge in [-0.2, -0.15) is 0 Å². The van der Waals surface area contributed by atoms with Crippen molar-refractivity contribution in [3.05, 3.63) is 35.8 Å². The van der Waals surface area contributed by atoms with Crippen LogP contribution in [0, 0.1) is 6.92 Å². The van der Waals surface area contributed by atoms with E-state index in [1.807, 2.05) is 24.5 Å². The van der Waals surface area contributed by atoms with E-state index in [9.17, 15) is 9.59 Å². The molecule has 2 aromatic rings. The van der Waals surface area contributed by atoms with Gasteiger partial charge in [0.25, 0.3) is 5.91 Å². The fourth-order valence-corrected chi connectivity index (χ4v) is 1.47. The van der Waals surface area contributed by atoms with Gasteiger partial charge in [-0.3, -0.25) is 9.63 Å². The monoisotopic (exact) mass is 249 g/mol. The zero-order valence-electron chi connectivity index (χ0n) is 9.58. The Morgan fingerprint density at radius 1 is 1.50 bits per heavy atom. The molecule has 0 fully saturated rings. The molecule has 0 aliphatic heterocycles. The third-order valence-corrected chi connectivity index (χ3v) is 2.29. The summed E-state index contributed by atoms with van der Waals surface area (Å²) in [6, 6.07) is 5.49. The predicted molar refractivity (Wildman–Crippen MR) is 61.0 cm³/mol. The minimum atomic E-state index is -1.17. The van der Waals surface area contributed by atoms with Gasteiger partial charge < -0.3 is 9.51 Å². The van der Waals surface area contributed by atoms with Crippen LogP contribution in [0.15, 0.2) is 24.4 Å². The van der Waals surface area contributed by atoms with E-state index in [0.29, 0.717) is 5.65 Å². The highest BCUT2D eigenvalue weighted by atomic mass is 16.7. The summed E-state index contributed by atoms with van der Waals surface area (Å²) in [5.74, 6) is -1.75. The summed E-state index contributed by atoms with van der Waals surface area (Å²) in [5, 5.41) is 8.35. The van der Waals surface area contributed by atoms with Gasteiger partial charge in [-0.15, -0.1) is 0 Å². The molecule has 18 heavy (non-hydrogen) atoms. The summed E-state index contributed by atoms with van der Waals surface area (Å²) in [6.07, 6.45) is 1.56. The van der Waals surface area contributed by atoms with Gasteiger partial charge in [-0.1, -0.05) is 6.07 Å². The SMILES string of the molecule is Cc1cccc2nc(C(=O)NOCC(=O)O)cn12. The van der Waals surface area contributed by atoms with Crippen molar-refractivity contribution in [2.24, 2.45) is 0 Å². The largest absolute Gasteiger partial charge is 0.479 e. The molecular formula is C11H11N3O4. The molecule has 0 aliphatic carbocycles. The van der Waals surface area contributed by atoms with Gasteiger partial charge in [-0.05, 0) is 19.1 Å². The molecule has 0 aliphatic rings. The van der Waals surface area contributed by atoms with Crippen LogP contribution in [0.4, 0.5) is 0 Å². The Bertz CT molecular complexity index is 605. The number of aryl methyl sites for hydroxylation is 1. The highest BCUT2D eigenvalue weighted by Gasteiger charge is 2.11. The number of rotatable bonds is 4. The number of carbonyl (C=O) groups excluding carboxylic acids is 1. The molecule has 94 valence electrons. The quantitative estimate of drug-likeness (QED) is 0.764. The molecule has 1 amide bonds. The van der Waals surface area contributed by atoms with E-state index in [4.69, 9.17) is 5.11 Å². The number of nitrogens with one attached hydrogen (secondary N) is 1. The number of hydroxylamine groups is 1. The molecule has 2 rings (SSSR count). The van der Waals surface area contributed by atoms with Gasteiger partial charge in [0.2, 0.25) is 0 Å². The summed E-state index contributed by atoms with van der Waals surface area (Å²) >= 11 is 0. The standard InChI is InChI=1S/C11H11N3O4/c1-7-3-2-4-9-12-8(5-14(7)9)11(17)13-18-6-10(15)16/h2-5H,6H2,1H3,(H,13,17)(H,15,16). The van der Waals surface area contributed by atoms with Crippen LogP contribution in [-0.2, 0) is 9.63 Å². The number of fused-ring (bicyclic) bond motifs is 1. The molecule has 0 bridgehead atoms. The van der Waals surface area contributed by atoms with Crippen LogP contribution in [0.25, 0.3) is 5.65 Å². The highest BCUT2D eigenvalue weighted by Crippen LogP contribution is 2.08. The lowest BCUT2D eigenvalue weighted by atomic mass is 10.4. The predicted octanol–water partition coefficient (Wildman–Crippen LogP) is 0.389. The molecule has 0 atom stereocenters. The summed E-state index contributed by atoms with van der Waals surface area (Å²) in [4.78, 5) is 30.4. The van der Waals surface area contributed by atoms with Crippen molar-refractivity contribution in [1.82, 2.24) is 14.9 Å². The Kier molecular flexibility index (Phi) is 3.24. The number of carbonyl (C=O) groups is 2. The van der Waals surface area contributed by atoms with E-state index in [1.54, 1.807) is 16.7 Å². The molecule has 2 aromatic heterocycles. The van der Waals surface area contributed by atoms with Crippen molar-refractivity contribution in [3.8, 4) is 0 Å². The van der Waals surface area contributed by atoms with Crippen LogP contribution in [0.3, 0.4) is 0 Å². The Labute approximate surface area is 102 Å². The second-order valence-corrected chi connectivity index (χ2v) is 3.64. The number of imidazole rings is 1. The molecule has 0 unspecified atom stereocenters. The summed E-state index contributed by atoms with van der Waals surface area (Å²) in [6.45, 7) is 1.29. The van der Waals surface area contributed by atoms with Gasteiger partial charge in [0.05, 0.1) is 0 Å². The van der Waals surface area contributed by atoms with Crippen molar-refractivity contribution < 1.29 is 19.5 Å². The first-order valence-electron chi connectivity index (χ1n) is 5.16. The van der Waals surface area contributed by atoms with E-state index < -0.39 is 18.5 Å². The summed E-state index contributed by atoms with van der Waals surface area (Å²) in [5.41, 5.74) is 3.75. The van der Waals surface area contributed by atoms with Crippen molar-refractivity contribution in [1.29, 1.82) is 0 Å². The van der Waals surface area contributed by atoms with E-state index in [0.717, 1.165) is 5.69 Å². The number of carboxylic acid groups (broad SMARTS) is 1. The lowest BCUT2D eigenvalue weighted by Crippen LogP contribution is -2.26. The first kappa shape index (κ1) is 12.1. The normalized spacial score (nSPS) is 10.5. The number of nitrogens with zero attached hydrogens (tertiary/aromatic N) is 2. The van der Waals surface area contributed by atoms with Crippen LogP contribution < -0.4 is 5.48 Å². The van der Waals surface area contributed by atoms with Gasteiger partial charge in [-0.25, -0.2) is 15.3 Å². The molecule has 0 radical (unpaired) electrons. The van der Waals surface area contributed by atoms with Gasteiger partial charge in [0, 0.05) is 11.9 Å². The van der Waals surface area contributed by atoms with Crippen LogP contribution in [0.1, 0.15) is 16.2 Å². The minimum Gasteiger partial charge on any atom is -0.479 e. The van der Waals surface area contributed by atoms with Crippen LogP contribution in [0.2, 0.25) is 0 Å². The van der Waals surface area contributed by atoms with Gasteiger partial charge in [0.15, 0.2) is 6.61 Å². The number of pyridine rings is 1. The second-order valence-electron chi connectivity index (χ2n) is 3.64. The second kappa shape index (κ2) is 4.84. The summed E-state index contributed by atoms with van der Waals surface area (Å²) < 4.78 is 1.76. The number of hydrogen-bond acceptors (Lipinski definition) is 4. The smallest absolute Gasteiger partial charge is 0.332 e. The zero-order chi connectivity index (χ0) is 13.1. The maximum Gasteiger partial charge on any atom is 0.332 e. The topological polar surface area (TPSA) is 92.9 Å². The van der Waals surface area contributed by atoms with E-state index in [2.05, 4.69) is 9.82 Å². The highest BCUT2D eigenvalue weighted by molar-refractivity contribution is 5.92. The average molecular weight is 249 g/mol. The molecule has 7 nitrogen and oxygen atoms in total. The molecular weight excluding hydrogens is 238 g/mol. The van der Waals surface area contributed by atoms with E-state index >= 15 is 0 Å². The fraction of sp³-hybridized carbons (Fsp3) is 0.182. The molecule has 0 spiro atoms. The number of carboxylic acids is 1. The lowest BCUT2D eigenvalue weighted by molar-refractivity contribution is -0.144. The Balaban J connectivity index is 2.13. The van der Waals surface area contributed by atoms with Crippen molar-refractivity contribution in [2.75, 3.05) is 6.61 Å². The molecule has 7 heteroatoms. The zero-order valence-corrected chi connectivity index (χ0v) is 9.58. The molecule has 0 saturated heterocycles. The van der Waals surface area contributed by atoms with Crippen molar-refractivity contribution in [2.45, 2.75) is 6.92 Å². The molecule has 0 saturated carbocycles. The number of aliphatic carboxylic acids is 1. The summed E-state index contributed by atoms with van der Waals surface area (Å²) in [7, 11) is 0. The van der Waals surface area contributed by atoms with Gasteiger partial charge >= 0.3 is 5.97 Å². The number of amides is 1. The van der Waals surface area contributed by atoms with Crippen LogP contribution >= 0.6 is 0 Å². The van der Waals surface area contributed by atoms with E-state index in [1.165, 1.54) is 0 Å². The fourth-order valence-electron chi connectivity index (χ4n) is 1.47. The Hall–Kier alpha value is -2.41. The Morgan fingerprint density at radius 2 is 2.28 bits per heavy atom. The van der Waals surface area contributed by atoms with Gasteiger partial charge in [0.1, 0.15) is 11.3 Å². The average Bonchev–Trinajstić information content (AvgIpc) is 2.74. The lowest BCUT2D eigenvalue weighted by Gasteiger charge is -2.00. The molecule has 2 heterocycles. The maximum atomic E-state index is 11.6. The molecule has 2 N–H and O–H groups in total.